The summed E-state index contributed by atoms with van der Waals surface area (Å²) < 4.78 is 1.90. The van der Waals surface area contributed by atoms with Gasteiger partial charge in [-0.05, 0) is 26.0 Å². The molecule has 0 radical (unpaired) electrons. The Kier molecular flexibility index (Phi) is 2.87. The summed E-state index contributed by atoms with van der Waals surface area (Å²) in [6.07, 6.45) is 1.76. The highest BCUT2D eigenvalue weighted by Crippen LogP contribution is 2.10. The maximum Gasteiger partial charge on any atom is 0.163 e. The van der Waals surface area contributed by atoms with Crippen molar-refractivity contribution in [3.05, 3.63) is 53.7 Å². The highest BCUT2D eigenvalue weighted by molar-refractivity contribution is 5.45. The van der Waals surface area contributed by atoms with Crippen LogP contribution in [0.5, 0.6) is 0 Å². The molecule has 0 aliphatic carbocycles. The van der Waals surface area contributed by atoms with Crippen LogP contribution in [-0.2, 0) is 6.54 Å². The van der Waals surface area contributed by atoms with Crippen molar-refractivity contribution in [2.45, 2.75) is 20.4 Å². The fourth-order valence-electron chi connectivity index (χ4n) is 1.91. The van der Waals surface area contributed by atoms with Gasteiger partial charge in [0.05, 0.1) is 6.54 Å². The summed E-state index contributed by atoms with van der Waals surface area (Å²) in [5.41, 5.74) is 4.09. The molecule has 0 saturated carbocycles. The van der Waals surface area contributed by atoms with Gasteiger partial charge in [0.25, 0.3) is 0 Å². The molecule has 0 fully saturated rings. The largest absolute Gasteiger partial charge is 0.378 e. The molecule has 1 N–H and O–H groups in total. The molecule has 0 aliphatic heterocycles. The monoisotopic (exact) mass is 253 g/mol. The maximum atomic E-state index is 4.26. The molecule has 0 saturated heterocycles. The third kappa shape index (κ3) is 2.40. The van der Waals surface area contributed by atoms with E-state index in [0.717, 1.165) is 22.9 Å². The number of hydrogen-bond acceptors (Lipinski definition) is 4. The van der Waals surface area contributed by atoms with Crippen LogP contribution in [0, 0.1) is 13.8 Å². The van der Waals surface area contributed by atoms with E-state index in [9.17, 15) is 0 Å². The average Bonchev–Trinajstić information content (AvgIpc) is 2.80. The molecule has 1 aromatic carbocycles. The number of aromatic nitrogens is 4. The van der Waals surface area contributed by atoms with E-state index >= 15 is 0 Å². The average molecular weight is 253 g/mol. The number of hydrogen-bond donors (Lipinski definition) is 1. The van der Waals surface area contributed by atoms with Gasteiger partial charge in [-0.1, -0.05) is 17.7 Å². The maximum absolute atomic E-state index is 4.26. The molecule has 5 nitrogen and oxygen atoms in total. The summed E-state index contributed by atoms with van der Waals surface area (Å²) in [6, 6.07) is 10.2. The summed E-state index contributed by atoms with van der Waals surface area (Å²) >= 11 is 0. The molecule has 2 heterocycles. The van der Waals surface area contributed by atoms with E-state index in [2.05, 4.69) is 51.7 Å². The van der Waals surface area contributed by atoms with Crippen LogP contribution in [0.25, 0.3) is 5.65 Å². The predicted octanol–water partition coefficient (Wildman–Crippen LogP) is 2.35. The van der Waals surface area contributed by atoms with Gasteiger partial charge in [-0.25, -0.2) is 4.98 Å². The smallest absolute Gasteiger partial charge is 0.163 e. The van der Waals surface area contributed by atoms with Crippen molar-refractivity contribution in [2.75, 3.05) is 5.32 Å². The fraction of sp³-hybridized carbons (Fsp3) is 0.214. The van der Waals surface area contributed by atoms with Crippen molar-refractivity contribution in [3.63, 3.8) is 0 Å². The lowest BCUT2D eigenvalue weighted by molar-refractivity contribution is 0.900. The van der Waals surface area contributed by atoms with Gasteiger partial charge in [0, 0.05) is 17.4 Å². The van der Waals surface area contributed by atoms with Gasteiger partial charge in [-0.3, -0.25) is 4.40 Å². The van der Waals surface area contributed by atoms with Crippen molar-refractivity contribution in [1.82, 2.24) is 19.6 Å². The molecule has 0 atom stereocenters. The van der Waals surface area contributed by atoms with Gasteiger partial charge < -0.3 is 5.32 Å². The summed E-state index contributed by atoms with van der Waals surface area (Å²) in [5, 5.41) is 11.6. The molecule has 3 aromatic rings. The van der Waals surface area contributed by atoms with Gasteiger partial charge in [-0.2, -0.15) is 0 Å². The van der Waals surface area contributed by atoms with E-state index in [1.807, 2.05) is 17.4 Å². The quantitative estimate of drug-likeness (QED) is 0.778. The van der Waals surface area contributed by atoms with Crippen LogP contribution in [0.1, 0.15) is 17.1 Å². The number of nitrogens with zero attached hydrogens (tertiary/aromatic N) is 4. The first kappa shape index (κ1) is 11.6. The van der Waals surface area contributed by atoms with Crippen LogP contribution in [0.2, 0.25) is 0 Å². The second-order valence-corrected chi connectivity index (χ2v) is 4.59. The minimum absolute atomic E-state index is 0.620. The molecule has 5 heteroatoms. The molecule has 3 rings (SSSR count). The van der Waals surface area contributed by atoms with Crippen molar-refractivity contribution >= 4 is 11.3 Å². The van der Waals surface area contributed by atoms with Crippen molar-refractivity contribution in [1.29, 1.82) is 0 Å². The zero-order valence-corrected chi connectivity index (χ0v) is 11.0. The minimum atomic E-state index is 0.620. The van der Waals surface area contributed by atoms with Crippen LogP contribution in [0.3, 0.4) is 0 Å². The van der Waals surface area contributed by atoms with Gasteiger partial charge in [0.1, 0.15) is 6.33 Å². The third-order valence-electron chi connectivity index (χ3n) is 3.01. The van der Waals surface area contributed by atoms with Gasteiger partial charge >= 0.3 is 0 Å². The predicted molar refractivity (Wildman–Crippen MR) is 74.0 cm³/mol. The lowest BCUT2D eigenvalue weighted by Crippen LogP contribution is -2.04. The standard InChI is InChI=1S/C14H15N5/c1-10-3-5-12(6-4-10)15-8-14-18-17-13-7-11(2)16-9-19(13)14/h3-7,9,15H,8H2,1-2H3. The van der Waals surface area contributed by atoms with Crippen molar-refractivity contribution < 1.29 is 0 Å². The second kappa shape index (κ2) is 4.68. The Bertz CT molecular complexity index is 699. The Balaban J connectivity index is 1.80. The first-order valence-electron chi connectivity index (χ1n) is 6.19. The van der Waals surface area contributed by atoms with E-state index in [0.29, 0.717) is 6.54 Å². The fourth-order valence-corrected chi connectivity index (χ4v) is 1.91. The molecular formula is C14H15N5. The summed E-state index contributed by atoms with van der Waals surface area (Å²) in [6.45, 7) is 4.64. The lowest BCUT2D eigenvalue weighted by Gasteiger charge is -2.05. The molecule has 0 spiro atoms. The van der Waals surface area contributed by atoms with Gasteiger partial charge in [0.2, 0.25) is 0 Å². The summed E-state index contributed by atoms with van der Waals surface area (Å²) in [7, 11) is 0. The second-order valence-electron chi connectivity index (χ2n) is 4.59. The van der Waals surface area contributed by atoms with E-state index in [1.165, 1.54) is 5.56 Å². The van der Waals surface area contributed by atoms with Crippen LogP contribution < -0.4 is 5.32 Å². The number of fused-ring (bicyclic) bond motifs is 1. The molecule has 19 heavy (non-hydrogen) atoms. The van der Waals surface area contributed by atoms with Gasteiger partial charge in [-0.15, -0.1) is 10.2 Å². The summed E-state index contributed by atoms with van der Waals surface area (Å²) in [4.78, 5) is 4.26. The van der Waals surface area contributed by atoms with Crippen LogP contribution >= 0.6 is 0 Å². The summed E-state index contributed by atoms with van der Waals surface area (Å²) in [5.74, 6) is 0.850. The molecule has 0 amide bonds. The first-order valence-corrected chi connectivity index (χ1v) is 6.19. The lowest BCUT2D eigenvalue weighted by atomic mass is 10.2. The molecule has 2 aromatic heterocycles. The van der Waals surface area contributed by atoms with Crippen molar-refractivity contribution in [3.8, 4) is 0 Å². The van der Waals surface area contributed by atoms with E-state index in [1.54, 1.807) is 6.33 Å². The topological polar surface area (TPSA) is 55.1 Å². The van der Waals surface area contributed by atoms with Crippen molar-refractivity contribution in [2.24, 2.45) is 0 Å². The number of rotatable bonds is 3. The van der Waals surface area contributed by atoms with E-state index in [-0.39, 0.29) is 0 Å². The number of aryl methyl sites for hydroxylation is 2. The number of nitrogens with one attached hydrogen (secondary N) is 1. The molecular weight excluding hydrogens is 238 g/mol. The third-order valence-corrected chi connectivity index (χ3v) is 3.01. The first-order chi connectivity index (χ1) is 9.22. The Morgan fingerprint density at radius 1 is 1.11 bits per heavy atom. The van der Waals surface area contributed by atoms with Crippen LogP contribution in [0.4, 0.5) is 5.69 Å². The zero-order chi connectivity index (χ0) is 13.2. The normalized spacial score (nSPS) is 10.8. The van der Waals surface area contributed by atoms with Crippen LogP contribution in [-0.4, -0.2) is 19.6 Å². The number of anilines is 1. The highest BCUT2D eigenvalue weighted by atomic mass is 15.3. The van der Waals surface area contributed by atoms with Crippen LogP contribution in [0.15, 0.2) is 36.7 Å². The molecule has 0 bridgehead atoms. The molecule has 0 aliphatic rings. The zero-order valence-electron chi connectivity index (χ0n) is 11.0. The van der Waals surface area contributed by atoms with Gasteiger partial charge in [0.15, 0.2) is 11.5 Å². The SMILES string of the molecule is Cc1ccc(NCc2nnc3cc(C)ncn23)cc1. The van der Waals surface area contributed by atoms with E-state index < -0.39 is 0 Å². The Labute approximate surface area is 111 Å². The van der Waals surface area contributed by atoms with E-state index in [4.69, 9.17) is 0 Å². The Hall–Kier alpha value is -2.43. The molecule has 96 valence electrons. The number of benzene rings is 1. The Morgan fingerprint density at radius 2 is 1.89 bits per heavy atom. The minimum Gasteiger partial charge on any atom is -0.378 e. The Morgan fingerprint density at radius 3 is 2.68 bits per heavy atom. The highest BCUT2D eigenvalue weighted by Gasteiger charge is 2.05. The molecule has 0 unspecified atom stereocenters.